The number of hydrogen-bond acceptors (Lipinski definition) is 6. The molecule has 0 spiro atoms. The van der Waals surface area contributed by atoms with Gasteiger partial charge in [0.15, 0.2) is 0 Å². The number of hydrogen-bond donors (Lipinski definition) is 1. The van der Waals surface area contributed by atoms with E-state index in [1.54, 1.807) is 25.7 Å². The second-order valence-corrected chi connectivity index (χ2v) is 10.2. The number of nitrogens with zero attached hydrogens (tertiary/aromatic N) is 1. The molecule has 1 aromatic rings. The molecule has 1 heterocycles. The summed E-state index contributed by atoms with van der Waals surface area (Å²) in [6.45, 7) is 9.58. The summed E-state index contributed by atoms with van der Waals surface area (Å²) in [5.41, 5.74) is 2.06. The van der Waals surface area contributed by atoms with Gasteiger partial charge in [-0.1, -0.05) is 18.2 Å². The highest BCUT2D eigenvalue weighted by Gasteiger charge is 2.40. The number of amides is 2. The molecule has 0 aliphatic carbocycles. The van der Waals surface area contributed by atoms with Crippen LogP contribution in [0.1, 0.15) is 56.4 Å². The topological polar surface area (TPSA) is 102 Å². The molecular formula is C21H32N2O6S. The summed E-state index contributed by atoms with van der Waals surface area (Å²) in [4.78, 5) is 26.0. The van der Waals surface area contributed by atoms with Crippen molar-refractivity contribution in [2.75, 3.05) is 19.3 Å². The minimum Gasteiger partial charge on any atom is -0.444 e. The summed E-state index contributed by atoms with van der Waals surface area (Å²) < 4.78 is 34.7. The number of nitrogens with one attached hydrogen (secondary N) is 1. The van der Waals surface area contributed by atoms with Gasteiger partial charge in [-0.15, -0.1) is 0 Å². The van der Waals surface area contributed by atoms with E-state index in [1.807, 2.05) is 32.0 Å². The number of carbonyl (C=O) groups is 2. The van der Waals surface area contributed by atoms with Crippen LogP contribution < -0.4 is 5.32 Å². The Morgan fingerprint density at radius 2 is 1.97 bits per heavy atom. The lowest BCUT2D eigenvalue weighted by molar-refractivity contribution is -0.130. The lowest BCUT2D eigenvalue weighted by Crippen LogP contribution is -2.44. The van der Waals surface area contributed by atoms with Crippen molar-refractivity contribution < 1.29 is 26.9 Å². The van der Waals surface area contributed by atoms with Gasteiger partial charge in [0.05, 0.1) is 12.3 Å². The minimum atomic E-state index is -3.76. The van der Waals surface area contributed by atoms with Crippen LogP contribution >= 0.6 is 0 Å². The average molecular weight is 441 g/mol. The molecule has 0 aromatic heterocycles. The molecule has 2 amide bonds. The molecule has 8 nitrogen and oxygen atoms in total. The van der Waals surface area contributed by atoms with Crippen LogP contribution in [0.5, 0.6) is 0 Å². The van der Waals surface area contributed by atoms with Crippen LogP contribution in [-0.2, 0) is 23.8 Å². The van der Waals surface area contributed by atoms with Crippen LogP contribution in [0.4, 0.5) is 4.79 Å². The maximum atomic E-state index is 12.5. The molecule has 9 heteroatoms. The molecule has 1 fully saturated rings. The first kappa shape index (κ1) is 24.1. The average Bonchev–Trinajstić information content (AvgIpc) is 2.94. The first-order valence-electron chi connectivity index (χ1n) is 9.99. The molecule has 1 aromatic carbocycles. The van der Waals surface area contributed by atoms with E-state index in [9.17, 15) is 18.0 Å². The Kier molecular flexibility index (Phi) is 7.52. The van der Waals surface area contributed by atoms with Gasteiger partial charge in [0.25, 0.3) is 10.1 Å². The number of ether oxygens (including phenoxy) is 1. The predicted molar refractivity (Wildman–Crippen MR) is 114 cm³/mol. The molecule has 1 aliphatic rings. The molecular weight excluding hydrogens is 408 g/mol. The van der Waals surface area contributed by atoms with Crippen LogP contribution in [0.25, 0.3) is 0 Å². The van der Waals surface area contributed by atoms with E-state index in [0.29, 0.717) is 12.8 Å². The van der Waals surface area contributed by atoms with Gasteiger partial charge in [0, 0.05) is 19.5 Å². The highest BCUT2D eigenvalue weighted by Crippen LogP contribution is 2.36. The number of benzene rings is 1. The monoisotopic (exact) mass is 440 g/mol. The van der Waals surface area contributed by atoms with Crippen molar-refractivity contribution in [2.45, 2.75) is 65.2 Å². The molecule has 1 N–H and O–H groups in total. The Bertz CT molecular complexity index is 891. The number of rotatable bonds is 7. The summed E-state index contributed by atoms with van der Waals surface area (Å²) in [5, 5.41) is 2.64. The standard InChI is InChI=1S/C21H32N2O6S/c1-14-8-7-9-16(15(14)2)19(29-30(6,26)27)17-10-11-18(24)23(17)13-12-22-20(25)28-21(3,4)5/h7-9,17,19H,10-13H2,1-6H3,(H,22,25). The molecule has 2 rings (SSSR count). The van der Waals surface area contributed by atoms with Crippen molar-refractivity contribution in [3.05, 3.63) is 34.9 Å². The van der Waals surface area contributed by atoms with Crippen LogP contribution in [-0.4, -0.2) is 56.3 Å². The summed E-state index contributed by atoms with van der Waals surface area (Å²) in [5.74, 6) is -0.0987. The van der Waals surface area contributed by atoms with E-state index in [2.05, 4.69) is 5.32 Å². The molecule has 1 saturated heterocycles. The fourth-order valence-electron chi connectivity index (χ4n) is 3.55. The summed E-state index contributed by atoms with van der Waals surface area (Å²) in [6, 6.07) is 5.17. The smallest absolute Gasteiger partial charge is 0.407 e. The van der Waals surface area contributed by atoms with Gasteiger partial charge in [-0.05, 0) is 57.7 Å². The van der Waals surface area contributed by atoms with Crippen LogP contribution in [0, 0.1) is 13.8 Å². The molecule has 168 valence electrons. The van der Waals surface area contributed by atoms with Gasteiger partial charge in [-0.3, -0.25) is 8.98 Å². The van der Waals surface area contributed by atoms with E-state index >= 15 is 0 Å². The lowest BCUT2D eigenvalue weighted by atomic mass is 9.94. The predicted octanol–water partition coefficient (Wildman–Crippen LogP) is 2.84. The van der Waals surface area contributed by atoms with Gasteiger partial charge in [0.2, 0.25) is 5.91 Å². The SMILES string of the molecule is Cc1cccc(C(OS(C)(=O)=O)C2CCC(=O)N2CCNC(=O)OC(C)(C)C)c1C. The Morgan fingerprint density at radius 3 is 2.57 bits per heavy atom. The van der Waals surface area contributed by atoms with Crippen LogP contribution in [0.2, 0.25) is 0 Å². The van der Waals surface area contributed by atoms with Crippen molar-refractivity contribution >= 4 is 22.1 Å². The van der Waals surface area contributed by atoms with E-state index < -0.39 is 34.0 Å². The third-order valence-corrected chi connectivity index (χ3v) is 5.53. The van der Waals surface area contributed by atoms with E-state index in [-0.39, 0.29) is 19.0 Å². The maximum Gasteiger partial charge on any atom is 0.407 e. The van der Waals surface area contributed by atoms with Gasteiger partial charge in [0.1, 0.15) is 11.7 Å². The number of alkyl carbamates (subject to hydrolysis) is 1. The molecule has 2 atom stereocenters. The Morgan fingerprint density at radius 1 is 1.30 bits per heavy atom. The summed E-state index contributed by atoms with van der Waals surface area (Å²) in [6.07, 6.45) is 0.401. The van der Waals surface area contributed by atoms with Gasteiger partial charge in [-0.25, -0.2) is 4.79 Å². The largest absolute Gasteiger partial charge is 0.444 e. The zero-order valence-corrected chi connectivity index (χ0v) is 19.3. The fraction of sp³-hybridized carbons (Fsp3) is 0.619. The first-order valence-corrected chi connectivity index (χ1v) is 11.8. The lowest BCUT2D eigenvalue weighted by Gasteiger charge is -2.32. The molecule has 2 unspecified atom stereocenters. The Labute approximate surface area is 179 Å². The molecule has 0 radical (unpaired) electrons. The zero-order valence-electron chi connectivity index (χ0n) is 18.5. The van der Waals surface area contributed by atoms with Crippen molar-refractivity contribution in [3.63, 3.8) is 0 Å². The highest BCUT2D eigenvalue weighted by molar-refractivity contribution is 7.86. The van der Waals surface area contributed by atoms with Crippen LogP contribution in [0.15, 0.2) is 18.2 Å². The summed E-state index contributed by atoms with van der Waals surface area (Å²) >= 11 is 0. The summed E-state index contributed by atoms with van der Waals surface area (Å²) in [7, 11) is -3.76. The van der Waals surface area contributed by atoms with Gasteiger partial charge < -0.3 is 15.0 Å². The normalized spacial score (nSPS) is 18.4. The number of likely N-dealkylation sites (tertiary alicyclic amines) is 1. The van der Waals surface area contributed by atoms with E-state index in [1.165, 1.54) is 0 Å². The van der Waals surface area contributed by atoms with Crippen molar-refractivity contribution in [3.8, 4) is 0 Å². The van der Waals surface area contributed by atoms with Crippen molar-refractivity contribution in [2.24, 2.45) is 0 Å². The van der Waals surface area contributed by atoms with Gasteiger partial charge >= 0.3 is 6.09 Å². The quantitative estimate of drug-likeness (QED) is 0.654. The molecule has 1 aliphatic heterocycles. The third kappa shape index (κ3) is 6.70. The minimum absolute atomic E-state index is 0.0987. The van der Waals surface area contributed by atoms with Crippen LogP contribution in [0.3, 0.4) is 0 Å². The van der Waals surface area contributed by atoms with Gasteiger partial charge in [-0.2, -0.15) is 8.42 Å². The number of carbonyl (C=O) groups excluding carboxylic acids is 2. The van der Waals surface area contributed by atoms with Crippen molar-refractivity contribution in [1.29, 1.82) is 0 Å². The zero-order chi connectivity index (χ0) is 22.7. The van der Waals surface area contributed by atoms with Crippen molar-refractivity contribution in [1.82, 2.24) is 10.2 Å². The highest BCUT2D eigenvalue weighted by atomic mass is 32.2. The first-order chi connectivity index (χ1) is 13.8. The third-order valence-electron chi connectivity index (χ3n) is 4.98. The molecule has 30 heavy (non-hydrogen) atoms. The maximum absolute atomic E-state index is 12.5. The second-order valence-electron chi connectivity index (χ2n) is 8.63. The number of aryl methyl sites for hydroxylation is 1. The van der Waals surface area contributed by atoms with E-state index in [0.717, 1.165) is 22.9 Å². The fourth-order valence-corrected chi connectivity index (χ4v) is 4.16. The molecule has 0 saturated carbocycles. The second kappa shape index (κ2) is 9.34. The Hall–Kier alpha value is -2.13. The van der Waals surface area contributed by atoms with E-state index in [4.69, 9.17) is 8.92 Å². The molecule has 0 bridgehead atoms. The Balaban J connectivity index is 2.21.